The summed E-state index contributed by atoms with van der Waals surface area (Å²) in [6.45, 7) is 8.82. The van der Waals surface area contributed by atoms with Crippen LogP contribution < -0.4 is 16.1 Å². The summed E-state index contributed by atoms with van der Waals surface area (Å²) in [4.78, 5) is 74.6. The number of hydrogen-bond acceptors (Lipinski definition) is 11. The second kappa shape index (κ2) is 23.4. The number of carbonyl (C=O) groups excluding carboxylic acids is 6. The summed E-state index contributed by atoms with van der Waals surface area (Å²) < 4.78 is 5.84. The molecule has 0 bridgehead atoms. The molecule has 13 heteroatoms. The van der Waals surface area contributed by atoms with Crippen LogP contribution in [0.25, 0.3) is 0 Å². The number of nitrogens with one attached hydrogen (secondary N) is 3. The Balaban J connectivity index is 2.11. The summed E-state index contributed by atoms with van der Waals surface area (Å²) in [5.74, 6) is -2.87. The third-order valence-electron chi connectivity index (χ3n) is 9.42. The molecule has 13 nitrogen and oxygen atoms in total. The fraction of sp³-hybridized carbons (Fsp3) is 0.550. The molecule has 1 aliphatic heterocycles. The Morgan fingerprint density at radius 1 is 1.06 bits per heavy atom. The minimum absolute atomic E-state index is 0.0167. The molecule has 1 aliphatic rings. The predicted molar refractivity (Wildman–Crippen MR) is 201 cm³/mol. The van der Waals surface area contributed by atoms with E-state index in [-0.39, 0.29) is 49.2 Å². The normalized spacial score (nSPS) is 19.2. The zero-order valence-electron chi connectivity index (χ0n) is 31.8. The van der Waals surface area contributed by atoms with Crippen molar-refractivity contribution in [3.05, 3.63) is 71.8 Å². The van der Waals surface area contributed by atoms with Crippen LogP contribution in [0.2, 0.25) is 0 Å². The topological polar surface area (TPSA) is 191 Å². The first kappa shape index (κ1) is 44.9. The fourth-order valence-electron chi connectivity index (χ4n) is 6.06. The number of amides is 2. The Labute approximate surface area is 313 Å². The molecule has 53 heavy (non-hydrogen) atoms. The highest BCUT2D eigenvalue weighted by Crippen LogP contribution is 2.21. The van der Waals surface area contributed by atoms with E-state index < -0.39 is 54.2 Å². The highest BCUT2D eigenvalue weighted by molar-refractivity contribution is 5.90. The van der Waals surface area contributed by atoms with Crippen LogP contribution in [-0.4, -0.2) is 101 Å². The van der Waals surface area contributed by atoms with Crippen molar-refractivity contribution >= 4 is 36.1 Å². The van der Waals surface area contributed by atoms with Gasteiger partial charge in [0.05, 0.1) is 18.2 Å². The zero-order valence-corrected chi connectivity index (χ0v) is 31.8. The summed E-state index contributed by atoms with van der Waals surface area (Å²) in [5, 5.41) is 28.4. The molecule has 1 heterocycles. The van der Waals surface area contributed by atoms with Gasteiger partial charge >= 0.3 is 5.97 Å². The molecule has 1 aromatic rings. The number of carbonyl (C=O) groups is 6. The van der Waals surface area contributed by atoms with E-state index in [4.69, 9.17) is 4.74 Å². The Kier molecular flexibility index (Phi) is 19.8. The number of ether oxygens (including phenoxy) is 1. The van der Waals surface area contributed by atoms with Crippen molar-refractivity contribution in [3.63, 3.8) is 0 Å². The standard InChI is InChI=1S/C40H58N4O9/c1-26(2)36(41-6)38(50)42-33(24-30-14-9-7-10-15-30)39(51)44-22-13-16-32(43-44)40(52)53-35(27(3)21-23-45)18-12-8-11-17-34(48)29(5)37(49)31(25-46)20-19-28(4)47/h7-12,14-15,17,21,23,25-26,29,31-37,41,43,48-49H,13,16,18-20,22,24H2,1-6H3,(H,42,50)/b12-8+,17-11+,27-21+/t29?,31-,32?,33?,34-,35-,36?,37?/m0/s1. The van der Waals surface area contributed by atoms with E-state index in [1.165, 1.54) is 24.1 Å². The number of ketones is 1. The molecule has 0 aliphatic carbocycles. The Bertz CT molecular complexity index is 1440. The summed E-state index contributed by atoms with van der Waals surface area (Å²) in [5.41, 5.74) is 4.37. The monoisotopic (exact) mass is 738 g/mol. The molecule has 0 aromatic heterocycles. The lowest BCUT2D eigenvalue weighted by atomic mass is 9.86. The van der Waals surface area contributed by atoms with Crippen LogP contribution in [0.15, 0.2) is 66.3 Å². The van der Waals surface area contributed by atoms with Crippen LogP contribution in [0.1, 0.15) is 72.3 Å². The van der Waals surface area contributed by atoms with Gasteiger partial charge in [-0.25, -0.2) is 5.43 Å². The lowest BCUT2D eigenvalue weighted by Gasteiger charge is -2.36. The van der Waals surface area contributed by atoms with E-state index in [0.29, 0.717) is 37.5 Å². The van der Waals surface area contributed by atoms with Crippen LogP contribution >= 0.6 is 0 Å². The molecule has 8 atom stereocenters. The predicted octanol–water partition coefficient (Wildman–Crippen LogP) is 2.56. The first-order chi connectivity index (χ1) is 25.2. The number of esters is 1. The molecule has 1 aromatic carbocycles. The molecule has 1 fully saturated rings. The number of Topliss-reactive ketones (excluding diaryl/α,β-unsaturated/α-hetero) is 1. The summed E-state index contributed by atoms with van der Waals surface area (Å²) in [6, 6.07) is 7.10. The van der Waals surface area contributed by atoms with Gasteiger partial charge in [0.15, 0.2) is 0 Å². The Morgan fingerprint density at radius 3 is 2.36 bits per heavy atom. The van der Waals surface area contributed by atoms with Gasteiger partial charge in [-0.3, -0.25) is 24.2 Å². The third-order valence-corrected chi connectivity index (χ3v) is 9.42. The number of benzene rings is 1. The number of likely N-dealkylation sites (N-methyl/N-ethyl adjacent to an activating group) is 1. The molecule has 5 unspecified atom stereocenters. The molecule has 2 rings (SSSR count). The SMILES string of the molecule is CNC(C(=O)NC(Cc1ccccc1)C(=O)N1CCCC(C(=O)O[C@@H](C/C=C/C=C/[C@H](O)C(C)C(O)[C@H](C=O)CCC(C)=O)/C(C)=C/C=O)N1)C(C)C. The molecule has 0 saturated carbocycles. The van der Waals surface area contributed by atoms with E-state index in [1.54, 1.807) is 39.1 Å². The third kappa shape index (κ3) is 14.9. The van der Waals surface area contributed by atoms with Gasteiger partial charge in [-0.15, -0.1) is 0 Å². The van der Waals surface area contributed by atoms with Crippen molar-refractivity contribution in [2.24, 2.45) is 17.8 Å². The molecular formula is C40H58N4O9. The van der Waals surface area contributed by atoms with E-state index in [0.717, 1.165) is 5.56 Å². The number of aliphatic hydroxyl groups is 2. The first-order valence-electron chi connectivity index (χ1n) is 18.3. The maximum Gasteiger partial charge on any atom is 0.325 e. The molecular weight excluding hydrogens is 680 g/mol. The average Bonchev–Trinajstić information content (AvgIpc) is 3.13. The van der Waals surface area contributed by atoms with Crippen molar-refractivity contribution in [2.75, 3.05) is 13.6 Å². The smallest absolute Gasteiger partial charge is 0.325 e. The Morgan fingerprint density at radius 2 is 1.75 bits per heavy atom. The maximum atomic E-state index is 13.9. The number of hydrogen-bond donors (Lipinski definition) is 5. The van der Waals surface area contributed by atoms with Crippen molar-refractivity contribution < 1.29 is 43.7 Å². The molecule has 5 N–H and O–H groups in total. The van der Waals surface area contributed by atoms with E-state index in [1.807, 2.05) is 44.2 Å². The number of hydrazine groups is 1. The van der Waals surface area contributed by atoms with Gasteiger partial charge in [-0.05, 0) is 63.3 Å². The minimum atomic E-state index is -1.14. The number of nitrogens with zero attached hydrogens (tertiary/aromatic N) is 1. The summed E-state index contributed by atoms with van der Waals surface area (Å²) in [6.07, 6.45) is 7.54. The van der Waals surface area contributed by atoms with Crippen LogP contribution in [0.5, 0.6) is 0 Å². The van der Waals surface area contributed by atoms with Crippen LogP contribution in [0.3, 0.4) is 0 Å². The van der Waals surface area contributed by atoms with Gasteiger partial charge in [0.2, 0.25) is 5.91 Å². The molecule has 2 amide bonds. The quantitative estimate of drug-likeness (QED) is 0.0509. The average molecular weight is 739 g/mol. The summed E-state index contributed by atoms with van der Waals surface area (Å²) >= 11 is 0. The molecule has 1 saturated heterocycles. The lowest BCUT2D eigenvalue weighted by molar-refractivity contribution is -0.156. The number of rotatable bonds is 22. The van der Waals surface area contributed by atoms with E-state index in [9.17, 15) is 39.0 Å². The Hall–Kier alpha value is -4.30. The van der Waals surface area contributed by atoms with Gasteiger partial charge < -0.3 is 35.2 Å². The largest absolute Gasteiger partial charge is 0.456 e. The minimum Gasteiger partial charge on any atom is -0.456 e. The fourth-order valence-corrected chi connectivity index (χ4v) is 6.06. The highest BCUT2D eigenvalue weighted by atomic mass is 16.5. The maximum absolute atomic E-state index is 13.9. The molecule has 0 spiro atoms. The van der Waals surface area contributed by atoms with Crippen LogP contribution in [0, 0.1) is 17.8 Å². The molecule has 0 radical (unpaired) electrons. The van der Waals surface area contributed by atoms with Gasteiger partial charge in [0.1, 0.15) is 36.5 Å². The number of allylic oxidation sites excluding steroid dienone is 3. The lowest BCUT2D eigenvalue weighted by Crippen LogP contribution is -2.61. The number of aldehydes is 2. The number of aliphatic hydroxyl groups excluding tert-OH is 2. The second-order valence-electron chi connectivity index (χ2n) is 14.0. The van der Waals surface area contributed by atoms with Crippen molar-refractivity contribution in [2.45, 2.75) is 110 Å². The van der Waals surface area contributed by atoms with Crippen LogP contribution in [0.4, 0.5) is 0 Å². The van der Waals surface area contributed by atoms with Gasteiger partial charge in [0, 0.05) is 37.6 Å². The van der Waals surface area contributed by atoms with Gasteiger partial charge in [0.25, 0.3) is 5.91 Å². The first-order valence-corrected chi connectivity index (χ1v) is 18.3. The van der Waals surface area contributed by atoms with Crippen molar-refractivity contribution in [1.29, 1.82) is 0 Å². The van der Waals surface area contributed by atoms with Gasteiger partial charge in [-0.2, -0.15) is 0 Å². The van der Waals surface area contributed by atoms with E-state index >= 15 is 0 Å². The van der Waals surface area contributed by atoms with Crippen LogP contribution in [-0.2, 0) is 39.9 Å². The van der Waals surface area contributed by atoms with Crippen molar-refractivity contribution in [3.8, 4) is 0 Å². The zero-order chi connectivity index (χ0) is 39.5. The summed E-state index contributed by atoms with van der Waals surface area (Å²) in [7, 11) is 1.69. The second-order valence-corrected chi connectivity index (χ2v) is 14.0. The van der Waals surface area contributed by atoms with E-state index in [2.05, 4.69) is 16.1 Å². The van der Waals surface area contributed by atoms with Crippen molar-refractivity contribution in [1.82, 2.24) is 21.1 Å². The highest BCUT2D eigenvalue weighted by Gasteiger charge is 2.35. The molecule has 292 valence electrons. The van der Waals surface area contributed by atoms with Gasteiger partial charge in [-0.1, -0.05) is 75.4 Å².